The molecule has 3 N–H and O–H groups in total. The fourth-order valence-electron chi connectivity index (χ4n) is 4.37. The van der Waals surface area contributed by atoms with Crippen LogP contribution in [-0.4, -0.2) is 25.3 Å². The highest BCUT2D eigenvalue weighted by atomic mass is 32.2. The molecule has 0 saturated heterocycles. The Morgan fingerprint density at radius 2 is 0.837 bits per heavy atom. The number of anilines is 3. The molecule has 0 spiro atoms. The zero-order valence-corrected chi connectivity index (χ0v) is 29.4. The lowest BCUT2D eigenvalue weighted by Gasteiger charge is -2.17. The predicted molar refractivity (Wildman–Crippen MR) is 188 cm³/mol. The number of sulfonamides is 3. The molecular weight excluding hydrogens is 693 g/mol. The number of hydrogen-bond donors (Lipinski definition) is 3. The number of hydrogen-bond acceptors (Lipinski definition) is 6. The van der Waals surface area contributed by atoms with Gasteiger partial charge in [-0.3, -0.25) is 14.2 Å². The second-order valence-electron chi connectivity index (χ2n) is 11.3. The van der Waals surface area contributed by atoms with Crippen molar-refractivity contribution in [2.75, 3.05) is 14.2 Å². The van der Waals surface area contributed by atoms with Crippen molar-refractivity contribution in [3.05, 3.63) is 144 Å². The molecule has 5 aromatic carbocycles. The lowest BCUT2D eigenvalue weighted by Crippen LogP contribution is -2.18. The fourth-order valence-corrected chi connectivity index (χ4v) is 7.57. The summed E-state index contributed by atoms with van der Waals surface area (Å²) in [6.45, 7) is 7.63. The van der Waals surface area contributed by atoms with Gasteiger partial charge in [-0.2, -0.15) is 0 Å². The molecule has 14 heteroatoms. The number of aryl methyl sites for hydroxylation is 2. The smallest absolute Gasteiger partial charge is 0.261 e. The Kier molecular flexibility index (Phi) is 11.5. The molecule has 49 heavy (non-hydrogen) atoms. The molecule has 0 aliphatic carbocycles. The van der Waals surface area contributed by atoms with Gasteiger partial charge in [0, 0.05) is 5.69 Å². The molecule has 0 aromatic heterocycles. The third-order valence-corrected chi connectivity index (χ3v) is 11.4. The summed E-state index contributed by atoms with van der Waals surface area (Å²) in [5.74, 6) is -0.792. The van der Waals surface area contributed by atoms with E-state index in [-0.39, 0.29) is 26.1 Å². The van der Waals surface area contributed by atoms with E-state index in [1.165, 1.54) is 12.1 Å². The lowest BCUT2D eigenvalue weighted by molar-refractivity contribution is 0.597. The van der Waals surface area contributed by atoms with Gasteiger partial charge in [-0.1, -0.05) is 44.2 Å². The summed E-state index contributed by atoms with van der Waals surface area (Å²) in [7, 11) is -11.7. The van der Waals surface area contributed by atoms with Crippen molar-refractivity contribution in [2.45, 2.75) is 48.3 Å². The van der Waals surface area contributed by atoms with Gasteiger partial charge < -0.3 is 0 Å². The molecule has 9 nitrogen and oxygen atoms in total. The van der Waals surface area contributed by atoms with E-state index in [4.69, 9.17) is 0 Å². The van der Waals surface area contributed by atoms with Crippen LogP contribution in [0.3, 0.4) is 0 Å². The molecule has 0 fully saturated rings. The van der Waals surface area contributed by atoms with Crippen molar-refractivity contribution in [1.29, 1.82) is 0 Å². The van der Waals surface area contributed by atoms with Crippen molar-refractivity contribution in [3.63, 3.8) is 0 Å². The van der Waals surface area contributed by atoms with Crippen molar-refractivity contribution in [1.82, 2.24) is 0 Å². The largest absolute Gasteiger partial charge is 0.280 e. The van der Waals surface area contributed by atoms with Crippen molar-refractivity contribution in [2.24, 2.45) is 0 Å². The van der Waals surface area contributed by atoms with Crippen LogP contribution >= 0.6 is 0 Å². The molecular formula is C35H35F2N3O6S3. The van der Waals surface area contributed by atoms with Gasteiger partial charge in [0.2, 0.25) is 0 Å². The first kappa shape index (κ1) is 37.0. The van der Waals surface area contributed by atoms with Crippen LogP contribution in [0.1, 0.15) is 36.5 Å². The molecule has 0 unspecified atom stereocenters. The van der Waals surface area contributed by atoms with E-state index in [0.29, 0.717) is 11.6 Å². The molecule has 5 aromatic rings. The van der Waals surface area contributed by atoms with Gasteiger partial charge in [-0.05, 0) is 121 Å². The molecule has 0 bridgehead atoms. The van der Waals surface area contributed by atoms with Crippen LogP contribution < -0.4 is 14.2 Å². The number of halogens is 2. The van der Waals surface area contributed by atoms with Gasteiger partial charge in [0.15, 0.2) is 0 Å². The fraction of sp³-hybridized carbons (Fsp3) is 0.143. The van der Waals surface area contributed by atoms with Gasteiger partial charge in [-0.15, -0.1) is 0 Å². The van der Waals surface area contributed by atoms with Crippen LogP contribution in [0.15, 0.2) is 130 Å². The van der Waals surface area contributed by atoms with Gasteiger partial charge in [-0.25, -0.2) is 34.0 Å². The van der Waals surface area contributed by atoms with Gasteiger partial charge in [0.1, 0.15) is 11.6 Å². The number of benzene rings is 5. The Balaban J connectivity index is 0.000000244. The van der Waals surface area contributed by atoms with Crippen LogP contribution in [0.2, 0.25) is 0 Å². The second kappa shape index (κ2) is 15.2. The average Bonchev–Trinajstić information content (AvgIpc) is 3.04. The quantitative estimate of drug-likeness (QED) is 0.134. The normalized spacial score (nSPS) is 11.7. The Bertz CT molecular complexity index is 2130. The molecule has 0 amide bonds. The van der Waals surface area contributed by atoms with Crippen LogP contribution in [0.4, 0.5) is 25.8 Å². The molecule has 0 heterocycles. The number of nitrogens with one attached hydrogen (secondary N) is 3. The minimum Gasteiger partial charge on any atom is -0.280 e. The first-order valence-electron chi connectivity index (χ1n) is 14.8. The van der Waals surface area contributed by atoms with E-state index in [1.807, 2.05) is 18.2 Å². The summed E-state index contributed by atoms with van der Waals surface area (Å²) in [6.07, 6.45) is 0. The highest BCUT2D eigenvalue weighted by Gasteiger charge is 2.21. The molecule has 5 rings (SSSR count). The zero-order chi connectivity index (χ0) is 36.0. The second-order valence-corrected chi connectivity index (χ2v) is 16.3. The molecule has 0 atom stereocenters. The van der Waals surface area contributed by atoms with Gasteiger partial charge in [0.05, 0.1) is 26.1 Å². The molecule has 258 valence electrons. The standard InChI is InChI=1S/C20H18F2N2O4S2.C15H17NO2S/c1-13-11-19(23-29(25,26)17-7-3-15(21)4-8-17)20(12-14(13)2)24-30(27,28)18-9-5-16(22)6-10-18;1-12(2)13-8-10-15(11-9-13)19(17,18)16-14-6-4-3-5-7-14/h3-12,23-24H,1-2H3;3-12,16H,1-2H3. The summed E-state index contributed by atoms with van der Waals surface area (Å²) < 4.78 is 109. The first-order valence-corrected chi connectivity index (χ1v) is 19.3. The Hall–Kier alpha value is -4.79. The minimum absolute atomic E-state index is 0.00638. The summed E-state index contributed by atoms with van der Waals surface area (Å²) in [5.41, 5.74) is 3.11. The van der Waals surface area contributed by atoms with Crippen LogP contribution in [-0.2, 0) is 30.1 Å². The van der Waals surface area contributed by atoms with E-state index in [0.717, 1.165) is 65.2 Å². The average molecular weight is 728 g/mol. The number of rotatable bonds is 10. The lowest BCUT2D eigenvalue weighted by atomic mass is 10.0. The van der Waals surface area contributed by atoms with E-state index < -0.39 is 41.7 Å². The highest BCUT2D eigenvalue weighted by molar-refractivity contribution is 7.93. The SMILES string of the molecule is CC(C)c1ccc(S(=O)(=O)Nc2ccccc2)cc1.Cc1cc(NS(=O)(=O)c2ccc(F)cc2)c(NS(=O)(=O)c2ccc(F)cc2)cc1C. The van der Waals surface area contributed by atoms with E-state index in [2.05, 4.69) is 28.0 Å². The topological polar surface area (TPSA) is 139 Å². The predicted octanol–water partition coefficient (Wildman–Crippen LogP) is 7.79. The molecule has 0 aliphatic heterocycles. The van der Waals surface area contributed by atoms with Crippen LogP contribution in [0.5, 0.6) is 0 Å². The summed E-state index contributed by atoms with van der Waals surface area (Å²) in [4.78, 5) is -0.0929. The molecule has 0 aliphatic rings. The first-order chi connectivity index (χ1) is 23.0. The maximum Gasteiger partial charge on any atom is 0.261 e. The Morgan fingerprint density at radius 1 is 0.490 bits per heavy atom. The van der Waals surface area contributed by atoms with Crippen molar-refractivity contribution >= 4 is 47.1 Å². The zero-order valence-electron chi connectivity index (χ0n) is 27.0. The summed E-state index contributed by atoms with van der Waals surface area (Å²) in [6, 6.07) is 27.2. The Labute approximate surface area is 286 Å². The van der Waals surface area contributed by atoms with Gasteiger partial charge >= 0.3 is 0 Å². The van der Waals surface area contributed by atoms with Crippen LogP contribution in [0, 0.1) is 25.5 Å². The molecule has 0 saturated carbocycles. The third kappa shape index (κ3) is 9.87. The van der Waals surface area contributed by atoms with Gasteiger partial charge in [0.25, 0.3) is 30.1 Å². The van der Waals surface area contributed by atoms with E-state index >= 15 is 0 Å². The third-order valence-electron chi connectivity index (χ3n) is 7.25. The minimum atomic E-state index is -4.11. The van der Waals surface area contributed by atoms with Crippen LogP contribution in [0.25, 0.3) is 0 Å². The maximum atomic E-state index is 13.1. The van der Waals surface area contributed by atoms with E-state index in [9.17, 15) is 34.0 Å². The molecule has 0 radical (unpaired) electrons. The summed E-state index contributed by atoms with van der Waals surface area (Å²) in [5, 5.41) is 0. The van der Waals surface area contributed by atoms with Crippen molar-refractivity contribution in [3.8, 4) is 0 Å². The van der Waals surface area contributed by atoms with Crippen molar-refractivity contribution < 1.29 is 34.0 Å². The van der Waals surface area contributed by atoms with E-state index in [1.54, 1.807) is 50.2 Å². The Morgan fingerprint density at radius 3 is 1.20 bits per heavy atom. The number of para-hydroxylation sites is 1. The highest BCUT2D eigenvalue weighted by Crippen LogP contribution is 2.30. The summed E-state index contributed by atoms with van der Waals surface area (Å²) >= 11 is 0. The monoisotopic (exact) mass is 727 g/mol. The maximum absolute atomic E-state index is 13.1.